The summed E-state index contributed by atoms with van der Waals surface area (Å²) in [7, 11) is 0. The molecule has 4 nitrogen and oxygen atoms in total. The first-order chi connectivity index (χ1) is 9.61. The molecule has 1 saturated heterocycles. The minimum absolute atomic E-state index is 0.138. The van der Waals surface area contributed by atoms with Crippen LogP contribution in [0.5, 0.6) is 0 Å². The number of carbonyl (C=O) groups excluding carboxylic acids is 1. The maximum atomic E-state index is 12.6. The largest absolute Gasteiger partial charge is 0.379 e. The lowest BCUT2D eigenvalue weighted by Gasteiger charge is -2.25. The topological polar surface area (TPSA) is 65.2 Å². The van der Waals surface area contributed by atoms with Crippen LogP contribution in [0.25, 0.3) is 10.9 Å². The van der Waals surface area contributed by atoms with Crippen molar-refractivity contribution in [1.29, 1.82) is 0 Å². The lowest BCUT2D eigenvalue weighted by atomic mass is 9.79. The number of carbonyl (C=O) groups is 1. The third-order valence-corrected chi connectivity index (χ3v) is 4.25. The number of para-hydroxylation sites is 1. The van der Waals surface area contributed by atoms with Crippen LogP contribution in [0.4, 0.5) is 0 Å². The molecule has 0 amide bonds. The Balaban J connectivity index is 1.92. The highest BCUT2D eigenvalue weighted by atomic mass is 16.5. The first-order valence-electron chi connectivity index (χ1n) is 6.80. The van der Waals surface area contributed by atoms with E-state index < -0.39 is 5.41 Å². The Morgan fingerprint density at radius 2 is 2.25 bits per heavy atom. The summed E-state index contributed by atoms with van der Waals surface area (Å²) in [6, 6.07) is 9.55. The molecule has 1 aromatic carbocycles. The number of hydrogen-bond acceptors (Lipinski definition) is 4. The van der Waals surface area contributed by atoms with Crippen LogP contribution < -0.4 is 5.73 Å². The zero-order chi connectivity index (χ0) is 14.2. The standard InChI is InChI=1S/C16H18N2O2/c1-16(10-20-9-14(16)17)15(19)8-11-6-7-18-13-5-3-2-4-12(11)13/h2-7,14H,8-10,17H2,1H3. The monoisotopic (exact) mass is 270 g/mol. The second-order valence-corrected chi connectivity index (χ2v) is 5.63. The molecule has 3 rings (SSSR count). The molecule has 20 heavy (non-hydrogen) atoms. The number of fused-ring (bicyclic) bond motifs is 1. The number of nitrogens with zero attached hydrogens (tertiary/aromatic N) is 1. The summed E-state index contributed by atoms with van der Waals surface area (Å²) in [5, 5.41) is 1.03. The summed E-state index contributed by atoms with van der Waals surface area (Å²) in [4.78, 5) is 16.9. The number of rotatable bonds is 3. The quantitative estimate of drug-likeness (QED) is 0.922. The predicted molar refractivity (Wildman–Crippen MR) is 77.4 cm³/mol. The Hall–Kier alpha value is -1.78. The summed E-state index contributed by atoms with van der Waals surface area (Å²) in [5.74, 6) is 0.138. The lowest BCUT2D eigenvalue weighted by Crippen LogP contribution is -2.45. The van der Waals surface area contributed by atoms with E-state index in [2.05, 4.69) is 4.98 Å². The van der Waals surface area contributed by atoms with Gasteiger partial charge in [-0.15, -0.1) is 0 Å². The van der Waals surface area contributed by atoms with E-state index in [0.717, 1.165) is 16.5 Å². The Labute approximate surface area is 117 Å². The van der Waals surface area contributed by atoms with Gasteiger partial charge in [0.1, 0.15) is 5.78 Å². The van der Waals surface area contributed by atoms with E-state index >= 15 is 0 Å². The van der Waals surface area contributed by atoms with Crippen molar-refractivity contribution >= 4 is 16.7 Å². The van der Waals surface area contributed by atoms with Gasteiger partial charge in [0.15, 0.2) is 0 Å². The molecule has 1 aliphatic rings. The second-order valence-electron chi connectivity index (χ2n) is 5.63. The van der Waals surface area contributed by atoms with Gasteiger partial charge in [-0.1, -0.05) is 18.2 Å². The smallest absolute Gasteiger partial charge is 0.147 e. The molecule has 2 unspecified atom stereocenters. The molecule has 104 valence electrons. The normalized spacial score (nSPS) is 26.0. The van der Waals surface area contributed by atoms with Crippen LogP contribution in [-0.4, -0.2) is 30.0 Å². The number of pyridine rings is 1. The second kappa shape index (κ2) is 4.96. The summed E-state index contributed by atoms with van der Waals surface area (Å²) in [6.45, 7) is 2.77. The van der Waals surface area contributed by atoms with Gasteiger partial charge in [0, 0.05) is 24.0 Å². The number of nitrogens with two attached hydrogens (primary N) is 1. The van der Waals surface area contributed by atoms with Crippen molar-refractivity contribution in [2.75, 3.05) is 13.2 Å². The van der Waals surface area contributed by atoms with Crippen molar-refractivity contribution in [3.05, 3.63) is 42.1 Å². The maximum absolute atomic E-state index is 12.6. The van der Waals surface area contributed by atoms with Crippen molar-refractivity contribution in [2.45, 2.75) is 19.4 Å². The molecule has 2 heterocycles. The fourth-order valence-corrected chi connectivity index (χ4v) is 2.66. The Morgan fingerprint density at radius 1 is 1.45 bits per heavy atom. The van der Waals surface area contributed by atoms with Gasteiger partial charge in [-0.25, -0.2) is 0 Å². The lowest BCUT2D eigenvalue weighted by molar-refractivity contribution is -0.127. The fourth-order valence-electron chi connectivity index (χ4n) is 2.66. The summed E-state index contributed by atoms with van der Waals surface area (Å²) >= 11 is 0. The molecule has 0 aliphatic carbocycles. The number of hydrogen-bond donors (Lipinski definition) is 1. The van der Waals surface area contributed by atoms with Crippen LogP contribution in [0.1, 0.15) is 12.5 Å². The molecule has 2 N–H and O–H groups in total. The first-order valence-corrected chi connectivity index (χ1v) is 6.80. The number of ether oxygens (including phenoxy) is 1. The van der Waals surface area contributed by atoms with Crippen molar-refractivity contribution in [1.82, 2.24) is 4.98 Å². The van der Waals surface area contributed by atoms with E-state index in [1.165, 1.54) is 0 Å². The Kier molecular flexibility index (Phi) is 3.28. The van der Waals surface area contributed by atoms with Gasteiger partial charge in [0.25, 0.3) is 0 Å². The van der Waals surface area contributed by atoms with Gasteiger partial charge >= 0.3 is 0 Å². The Morgan fingerprint density at radius 3 is 3.00 bits per heavy atom. The van der Waals surface area contributed by atoms with E-state index in [9.17, 15) is 4.79 Å². The Bertz CT molecular complexity index is 650. The minimum atomic E-state index is -0.579. The van der Waals surface area contributed by atoms with Crippen LogP contribution in [0.3, 0.4) is 0 Å². The number of benzene rings is 1. The van der Waals surface area contributed by atoms with Crippen LogP contribution in [-0.2, 0) is 16.0 Å². The van der Waals surface area contributed by atoms with Crippen LogP contribution in [0, 0.1) is 5.41 Å². The number of ketones is 1. The third-order valence-electron chi connectivity index (χ3n) is 4.25. The fraction of sp³-hybridized carbons (Fsp3) is 0.375. The van der Waals surface area contributed by atoms with Crippen LogP contribution in [0.2, 0.25) is 0 Å². The molecule has 2 aromatic rings. The van der Waals surface area contributed by atoms with E-state index in [4.69, 9.17) is 10.5 Å². The highest BCUT2D eigenvalue weighted by molar-refractivity contribution is 5.92. The van der Waals surface area contributed by atoms with E-state index in [0.29, 0.717) is 19.6 Å². The average Bonchev–Trinajstić information content (AvgIpc) is 2.80. The minimum Gasteiger partial charge on any atom is -0.379 e. The van der Waals surface area contributed by atoms with Crippen LogP contribution in [0.15, 0.2) is 36.5 Å². The van der Waals surface area contributed by atoms with Gasteiger partial charge in [0.2, 0.25) is 0 Å². The predicted octanol–water partition coefficient (Wildman–Crippen LogP) is 1.71. The van der Waals surface area contributed by atoms with Crippen molar-refractivity contribution in [2.24, 2.45) is 11.1 Å². The molecule has 1 aliphatic heterocycles. The van der Waals surface area contributed by atoms with Gasteiger partial charge in [0.05, 0.1) is 24.1 Å². The number of Topliss-reactive ketones (excluding diaryl/α,β-unsaturated/α-hetero) is 1. The zero-order valence-electron chi connectivity index (χ0n) is 11.5. The van der Waals surface area contributed by atoms with Gasteiger partial charge < -0.3 is 10.5 Å². The van der Waals surface area contributed by atoms with Gasteiger partial charge in [-0.3, -0.25) is 9.78 Å². The van der Waals surface area contributed by atoms with Crippen molar-refractivity contribution < 1.29 is 9.53 Å². The van der Waals surface area contributed by atoms with Crippen LogP contribution >= 0.6 is 0 Å². The molecule has 0 saturated carbocycles. The molecule has 4 heteroatoms. The molecule has 1 fully saturated rings. The molecule has 0 bridgehead atoms. The van der Waals surface area contributed by atoms with Crippen molar-refractivity contribution in [3.63, 3.8) is 0 Å². The van der Waals surface area contributed by atoms with Gasteiger partial charge in [-0.05, 0) is 24.6 Å². The highest BCUT2D eigenvalue weighted by Gasteiger charge is 2.43. The van der Waals surface area contributed by atoms with E-state index in [-0.39, 0.29) is 11.8 Å². The maximum Gasteiger partial charge on any atom is 0.147 e. The first kappa shape index (κ1) is 13.2. The summed E-state index contributed by atoms with van der Waals surface area (Å²) in [6.07, 6.45) is 2.12. The number of aromatic nitrogens is 1. The SMILES string of the molecule is CC1(C(=O)Cc2ccnc3ccccc23)COCC1N. The van der Waals surface area contributed by atoms with Gasteiger partial charge in [-0.2, -0.15) is 0 Å². The van der Waals surface area contributed by atoms with E-state index in [1.54, 1.807) is 6.20 Å². The summed E-state index contributed by atoms with van der Waals surface area (Å²) in [5.41, 5.74) is 7.36. The molecular formula is C16H18N2O2. The molecule has 2 atom stereocenters. The molecular weight excluding hydrogens is 252 g/mol. The molecule has 0 spiro atoms. The van der Waals surface area contributed by atoms with Crippen molar-refractivity contribution in [3.8, 4) is 0 Å². The summed E-state index contributed by atoms with van der Waals surface area (Å²) < 4.78 is 5.36. The molecule has 0 radical (unpaired) electrons. The zero-order valence-corrected chi connectivity index (χ0v) is 11.5. The average molecular weight is 270 g/mol. The molecule has 1 aromatic heterocycles. The third kappa shape index (κ3) is 2.11. The highest BCUT2D eigenvalue weighted by Crippen LogP contribution is 2.30. The van der Waals surface area contributed by atoms with E-state index in [1.807, 2.05) is 37.3 Å².